The lowest BCUT2D eigenvalue weighted by Crippen LogP contribution is -2.39. The molecule has 0 fully saturated rings. The topological polar surface area (TPSA) is 40.5 Å². The highest BCUT2D eigenvalue weighted by Crippen LogP contribution is 2.46. The Kier molecular flexibility index (Phi) is 3.39. The van der Waals surface area contributed by atoms with Crippen molar-refractivity contribution in [2.75, 3.05) is 0 Å². The van der Waals surface area contributed by atoms with Crippen LogP contribution < -0.4 is 0 Å². The van der Waals surface area contributed by atoms with Gasteiger partial charge in [-0.05, 0) is 51.4 Å². The highest BCUT2D eigenvalue weighted by atomic mass is 16.3. The van der Waals surface area contributed by atoms with Crippen LogP contribution >= 0.6 is 0 Å². The summed E-state index contributed by atoms with van der Waals surface area (Å²) in [5.41, 5.74) is 2.31. The van der Waals surface area contributed by atoms with Gasteiger partial charge in [0.05, 0.1) is 11.7 Å². The molecule has 17 heavy (non-hydrogen) atoms. The molecule has 0 saturated carbocycles. The Morgan fingerprint density at radius 3 is 2.35 bits per heavy atom. The van der Waals surface area contributed by atoms with Gasteiger partial charge >= 0.3 is 0 Å². The number of aliphatic hydroxyl groups is 2. The standard InChI is InChI=1S/C15H26O2/c1-9-5-6-11-10(2)7-14(16)13(8-12(9)11)15(3,4)17/h9-10,13-14,16-17H,5-8H2,1-4H3. The van der Waals surface area contributed by atoms with Gasteiger partial charge in [-0.3, -0.25) is 0 Å². The second kappa shape index (κ2) is 4.40. The van der Waals surface area contributed by atoms with E-state index >= 15 is 0 Å². The molecule has 0 amide bonds. The van der Waals surface area contributed by atoms with Gasteiger partial charge in [0.2, 0.25) is 0 Å². The third-order valence-electron chi connectivity index (χ3n) is 4.86. The van der Waals surface area contributed by atoms with Crippen molar-refractivity contribution in [2.24, 2.45) is 17.8 Å². The van der Waals surface area contributed by atoms with E-state index in [4.69, 9.17) is 0 Å². The summed E-state index contributed by atoms with van der Waals surface area (Å²) >= 11 is 0. The average molecular weight is 238 g/mol. The molecule has 2 heteroatoms. The SMILES string of the molecule is CC1CCC2=C1CC(C(C)(C)O)C(O)CC2C. The zero-order valence-corrected chi connectivity index (χ0v) is 11.5. The fourth-order valence-electron chi connectivity index (χ4n) is 3.68. The maximum Gasteiger partial charge on any atom is 0.0647 e. The fraction of sp³-hybridized carbons (Fsp3) is 0.867. The Balaban J connectivity index is 2.30. The van der Waals surface area contributed by atoms with Crippen molar-refractivity contribution in [3.8, 4) is 0 Å². The van der Waals surface area contributed by atoms with Crippen molar-refractivity contribution in [3.05, 3.63) is 11.1 Å². The molecule has 0 aromatic rings. The van der Waals surface area contributed by atoms with Crippen LogP contribution in [0.3, 0.4) is 0 Å². The monoisotopic (exact) mass is 238 g/mol. The van der Waals surface area contributed by atoms with E-state index in [0.29, 0.717) is 11.8 Å². The molecule has 0 saturated heterocycles. The predicted octanol–water partition coefficient (Wildman–Crippen LogP) is 2.89. The molecular formula is C15H26O2. The molecule has 4 unspecified atom stereocenters. The third-order valence-corrected chi connectivity index (χ3v) is 4.86. The van der Waals surface area contributed by atoms with Gasteiger partial charge in [-0.15, -0.1) is 0 Å². The van der Waals surface area contributed by atoms with E-state index in [2.05, 4.69) is 13.8 Å². The molecule has 0 bridgehead atoms. The van der Waals surface area contributed by atoms with Crippen molar-refractivity contribution in [2.45, 2.75) is 65.1 Å². The summed E-state index contributed by atoms with van der Waals surface area (Å²) in [6, 6.07) is 0. The number of rotatable bonds is 1. The molecule has 2 N–H and O–H groups in total. The fourth-order valence-corrected chi connectivity index (χ4v) is 3.68. The predicted molar refractivity (Wildman–Crippen MR) is 69.6 cm³/mol. The van der Waals surface area contributed by atoms with Crippen molar-refractivity contribution >= 4 is 0 Å². The van der Waals surface area contributed by atoms with E-state index in [9.17, 15) is 10.2 Å². The van der Waals surface area contributed by atoms with E-state index in [1.165, 1.54) is 18.4 Å². The number of allylic oxidation sites excluding steroid dienone is 2. The van der Waals surface area contributed by atoms with Gasteiger partial charge in [0, 0.05) is 5.92 Å². The Hall–Kier alpha value is -0.340. The lowest BCUT2D eigenvalue weighted by molar-refractivity contribution is -0.0501. The summed E-state index contributed by atoms with van der Waals surface area (Å²) in [5, 5.41) is 20.6. The molecule has 2 nitrogen and oxygen atoms in total. The molecule has 4 atom stereocenters. The molecule has 2 aliphatic carbocycles. The lowest BCUT2D eigenvalue weighted by atomic mass is 9.79. The van der Waals surface area contributed by atoms with Gasteiger partial charge in [0.15, 0.2) is 0 Å². The highest BCUT2D eigenvalue weighted by Gasteiger charge is 2.40. The lowest BCUT2D eigenvalue weighted by Gasteiger charge is -2.33. The zero-order valence-electron chi connectivity index (χ0n) is 11.5. The quantitative estimate of drug-likeness (QED) is 0.690. The van der Waals surface area contributed by atoms with Crippen LogP contribution in [0.25, 0.3) is 0 Å². The van der Waals surface area contributed by atoms with E-state index < -0.39 is 5.60 Å². The van der Waals surface area contributed by atoms with Gasteiger partial charge in [-0.25, -0.2) is 0 Å². The third kappa shape index (κ3) is 2.43. The first-order valence-corrected chi connectivity index (χ1v) is 6.93. The number of hydrogen-bond acceptors (Lipinski definition) is 2. The smallest absolute Gasteiger partial charge is 0.0647 e. The molecule has 0 radical (unpaired) electrons. The van der Waals surface area contributed by atoms with Crippen molar-refractivity contribution in [3.63, 3.8) is 0 Å². The second-order valence-electron chi connectivity index (χ2n) is 6.66. The Morgan fingerprint density at radius 2 is 1.76 bits per heavy atom. The molecule has 0 heterocycles. The molecule has 0 aromatic carbocycles. The summed E-state index contributed by atoms with van der Waals surface area (Å²) in [6.45, 7) is 8.17. The van der Waals surface area contributed by atoms with E-state index in [1.54, 1.807) is 5.57 Å². The van der Waals surface area contributed by atoms with Crippen molar-refractivity contribution in [1.29, 1.82) is 0 Å². The number of aliphatic hydroxyl groups excluding tert-OH is 1. The highest BCUT2D eigenvalue weighted by molar-refractivity contribution is 5.27. The minimum Gasteiger partial charge on any atom is -0.393 e. The molecule has 0 aliphatic heterocycles. The van der Waals surface area contributed by atoms with Gasteiger partial charge in [-0.1, -0.05) is 25.0 Å². The largest absolute Gasteiger partial charge is 0.393 e. The molecule has 2 aliphatic rings. The summed E-state index contributed by atoms with van der Waals surface area (Å²) in [5.74, 6) is 1.11. The van der Waals surface area contributed by atoms with Crippen LogP contribution in [-0.4, -0.2) is 21.9 Å². The van der Waals surface area contributed by atoms with Crippen molar-refractivity contribution < 1.29 is 10.2 Å². The van der Waals surface area contributed by atoms with Crippen LogP contribution in [0, 0.1) is 17.8 Å². The Labute approximate surface area is 105 Å². The minimum absolute atomic E-state index is 0.0157. The van der Waals surface area contributed by atoms with Crippen LogP contribution in [0.15, 0.2) is 11.1 Å². The maximum atomic E-state index is 10.3. The van der Waals surface area contributed by atoms with E-state index in [1.807, 2.05) is 13.8 Å². The minimum atomic E-state index is -0.788. The Bertz CT molecular complexity index is 324. The summed E-state index contributed by atoms with van der Waals surface area (Å²) < 4.78 is 0. The first-order chi connectivity index (χ1) is 7.80. The first-order valence-electron chi connectivity index (χ1n) is 6.93. The van der Waals surface area contributed by atoms with Crippen LogP contribution in [0.1, 0.15) is 53.4 Å². The maximum absolute atomic E-state index is 10.3. The van der Waals surface area contributed by atoms with Crippen LogP contribution in [-0.2, 0) is 0 Å². The van der Waals surface area contributed by atoms with E-state index in [-0.39, 0.29) is 12.0 Å². The van der Waals surface area contributed by atoms with Crippen LogP contribution in [0.2, 0.25) is 0 Å². The summed E-state index contributed by atoms with van der Waals surface area (Å²) in [7, 11) is 0. The van der Waals surface area contributed by atoms with Crippen LogP contribution in [0.5, 0.6) is 0 Å². The molecule has 0 spiro atoms. The molecular weight excluding hydrogens is 212 g/mol. The van der Waals surface area contributed by atoms with Crippen LogP contribution in [0.4, 0.5) is 0 Å². The molecule has 98 valence electrons. The van der Waals surface area contributed by atoms with Gasteiger partial charge in [-0.2, -0.15) is 0 Å². The average Bonchev–Trinajstić information content (AvgIpc) is 2.47. The zero-order chi connectivity index (χ0) is 12.8. The molecule has 0 aromatic heterocycles. The molecule has 2 rings (SSSR count). The van der Waals surface area contributed by atoms with Crippen molar-refractivity contribution in [1.82, 2.24) is 0 Å². The van der Waals surface area contributed by atoms with Gasteiger partial charge in [0.1, 0.15) is 0 Å². The summed E-state index contributed by atoms with van der Waals surface area (Å²) in [4.78, 5) is 0. The normalized spacial score (nSPS) is 39.2. The second-order valence-corrected chi connectivity index (χ2v) is 6.66. The first kappa shape index (κ1) is 13.1. The van der Waals surface area contributed by atoms with Gasteiger partial charge < -0.3 is 10.2 Å². The van der Waals surface area contributed by atoms with Gasteiger partial charge in [0.25, 0.3) is 0 Å². The number of hydrogen-bond donors (Lipinski definition) is 2. The summed E-state index contributed by atoms with van der Waals surface area (Å²) in [6.07, 6.45) is 3.76. The Morgan fingerprint density at radius 1 is 1.12 bits per heavy atom. The van der Waals surface area contributed by atoms with E-state index in [0.717, 1.165) is 12.8 Å².